The number of alkyl halides is 1. The van der Waals surface area contributed by atoms with E-state index in [1.54, 1.807) is 0 Å². The van der Waals surface area contributed by atoms with Crippen molar-refractivity contribution < 1.29 is 0 Å². The van der Waals surface area contributed by atoms with E-state index in [2.05, 4.69) is 6.07 Å². The number of hydrogen-bond acceptors (Lipinski definition) is 1. The van der Waals surface area contributed by atoms with Crippen LogP contribution in [0.3, 0.4) is 0 Å². The lowest BCUT2D eigenvalue weighted by Gasteiger charge is -2.23. The molecule has 2 saturated carbocycles. The van der Waals surface area contributed by atoms with Gasteiger partial charge in [0.25, 0.3) is 0 Å². The van der Waals surface area contributed by atoms with Crippen LogP contribution in [0.2, 0.25) is 0 Å². The van der Waals surface area contributed by atoms with Gasteiger partial charge in [-0.1, -0.05) is 0 Å². The second-order valence-electron chi connectivity index (χ2n) is 3.81. The normalized spacial score (nSPS) is 47.6. The summed E-state index contributed by atoms with van der Waals surface area (Å²) in [5.74, 6) is 2.96. The van der Waals surface area contributed by atoms with E-state index in [9.17, 15) is 0 Å². The summed E-state index contributed by atoms with van der Waals surface area (Å²) in [4.78, 5) is 0. The van der Waals surface area contributed by atoms with Crippen LogP contribution in [0.4, 0.5) is 0 Å². The molecule has 0 saturated heterocycles. The average Bonchev–Trinajstić information content (AvgIpc) is 2.60. The molecule has 4 atom stereocenters. The number of nitriles is 1. The monoisotopic (exact) mass is 169 g/mol. The lowest BCUT2D eigenvalue weighted by Crippen LogP contribution is -2.22. The van der Waals surface area contributed by atoms with Gasteiger partial charge in [0.2, 0.25) is 0 Å². The Bertz CT molecular complexity index is 196. The molecule has 0 aromatic rings. The Morgan fingerprint density at radius 3 is 2.64 bits per heavy atom. The Morgan fingerprint density at radius 1 is 1.36 bits per heavy atom. The largest absolute Gasteiger partial charge is 0.198 e. The highest BCUT2D eigenvalue weighted by Crippen LogP contribution is 2.52. The zero-order chi connectivity index (χ0) is 7.84. The fourth-order valence-electron chi connectivity index (χ4n) is 2.83. The minimum absolute atomic E-state index is 0.284. The van der Waals surface area contributed by atoms with Crippen molar-refractivity contribution in [3.05, 3.63) is 0 Å². The van der Waals surface area contributed by atoms with Crippen LogP contribution in [-0.2, 0) is 0 Å². The molecule has 60 valence electrons. The third-order valence-electron chi connectivity index (χ3n) is 3.42. The van der Waals surface area contributed by atoms with E-state index in [1.807, 2.05) is 0 Å². The molecule has 0 aromatic carbocycles. The zero-order valence-electron chi connectivity index (χ0n) is 6.46. The lowest BCUT2D eigenvalue weighted by atomic mass is 9.81. The van der Waals surface area contributed by atoms with Crippen LogP contribution in [0, 0.1) is 35.0 Å². The standard InChI is InChI=1S/C9H12ClN/c10-4-8-6-1-2-7(3-6)9(8)5-11/h6-9H,1-4H2/t6?,7?,8-,9-/m1/s1. The van der Waals surface area contributed by atoms with E-state index in [0.29, 0.717) is 17.7 Å². The van der Waals surface area contributed by atoms with Gasteiger partial charge in [-0.15, -0.1) is 11.6 Å². The molecule has 0 aliphatic heterocycles. The summed E-state index contributed by atoms with van der Waals surface area (Å²) in [7, 11) is 0. The summed E-state index contributed by atoms with van der Waals surface area (Å²) >= 11 is 5.82. The van der Waals surface area contributed by atoms with E-state index in [-0.39, 0.29) is 5.92 Å². The van der Waals surface area contributed by atoms with Crippen molar-refractivity contribution >= 4 is 11.6 Å². The molecule has 2 aliphatic rings. The summed E-state index contributed by atoms with van der Waals surface area (Å²) < 4.78 is 0. The minimum atomic E-state index is 0.284. The molecule has 2 unspecified atom stereocenters. The first-order chi connectivity index (χ1) is 5.36. The topological polar surface area (TPSA) is 23.8 Å². The van der Waals surface area contributed by atoms with Crippen LogP contribution in [0.25, 0.3) is 0 Å². The third-order valence-corrected chi connectivity index (χ3v) is 3.77. The first-order valence-electron chi connectivity index (χ1n) is 4.32. The summed E-state index contributed by atoms with van der Waals surface area (Å²) in [6.45, 7) is 0. The summed E-state index contributed by atoms with van der Waals surface area (Å²) in [6.07, 6.45) is 3.87. The van der Waals surface area contributed by atoms with Gasteiger partial charge in [0.15, 0.2) is 0 Å². The Labute approximate surface area is 72.3 Å². The lowest BCUT2D eigenvalue weighted by molar-refractivity contribution is 0.298. The van der Waals surface area contributed by atoms with Crippen molar-refractivity contribution in [2.75, 3.05) is 5.88 Å². The van der Waals surface area contributed by atoms with Crippen molar-refractivity contribution in [3.8, 4) is 6.07 Å². The minimum Gasteiger partial charge on any atom is -0.198 e. The van der Waals surface area contributed by atoms with Gasteiger partial charge in [-0.05, 0) is 37.0 Å². The predicted molar refractivity (Wildman–Crippen MR) is 44.1 cm³/mol. The van der Waals surface area contributed by atoms with Gasteiger partial charge in [0.05, 0.1) is 12.0 Å². The van der Waals surface area contributed by atoms with Crippen LogP contribution >= 0.6 is 11.6 Å². The van der Waals surface area contributed by atoms with Crippen molar-refractivity contribution in [1.29, 1.82) is 5.26 Å². The maximum Gasteiger partial charge on any atom is 0.0662 e. The molecule has 0 radical (unpaired) electrons. The van der Waals surface area contributed by atoms with Crippen LogP contribution in [0.1, 0.15) is 19.3 Å². The fourth-order valence-corrected chi connectivity index (χ4v) is 3.28. The molecule has 2 bridgehead atoms. The Kier molecular flexibility index (Phi) is 1.81. The number of hydrogen-bond donors (Lipinski definition) is 0. The molecular weight excluding hydrogens is 158 g/mol. The molecule has 1 nitrogen and oxygen atoms in total. The molecule has 2 heteroatoms. The number of rotatable bonds is 1. The van der Waals surface area contributed by atoms with Gasteiger partial charge in [-0.3, -0.25) is 0 Å². The molecule has 0 spiro atoms. The molecule has 0 heterocycles. The van der Waals surface area contributed by atoms with Gasteiger partial charge < -0.3 is 0 Å². The maximum atomic E-state index is 8.88. The summed E-state index contributed by atoms with van der Waals surface area (Å²) in [6, 6.07) is 2.41. The third kappa shape index (κ3) is 0.964. The average molecular weight is 170 g/mol. The number of nitrogens with zero attached hydrogens (tertiary/aromatic N) is 1. The van der Waals surface area contributed by atoms with Crippen LogP contribution in [0.5, 0.6) is 0 Å². The summed E-state index contributed by atoms with van der Waals surface area (Å²) in [5.41, 5.74) is 0. The SMILES string of the molecule is N#C[C@@H]1C2CCC(C2)[C@H]1CCl. The van der Waals surface area contributed by atoms with Crippen molar-refractivity contribution in [2.24, 2.45) is 23.7 Å². The van der Waals surface area contributed by atoms with Gasteiger partial charge in [0.1, 0.15) is 0 Å². The van der Waals surface area contributed by atoms with Crippen LogP contribution in [-0.4, -0.2) is 5.88 Å². The predicted octanol–water partition coefficient (Wildman–Crippen LogP) is 2.41. The molecule has 2 rings (SSSR count). The first-order valence-corrected chi connectivity index (χ1v) is 4.86. The highest BCUT2D eigenvalue weighted by atomic mass is 35.5. The zero-order valence-corrected chi connectivity index (χ0v) is 7.22. The maximum absolute atomic E-state index is 8.88. The van der Waals surface area contributed by atoms with Gasteiger partial charge in [-0.2, -0.15) is 5.26 Å². The van der Waals surface area contributed by atoms with E-state index in [0.717, 1.165) is 5.92 Å². The smallest absolute Gasteiger partial charge is 0.0662 e. The molecule has 2 aliphatic carbocycles. The highest BCUT2D eigenvalue weighted by Gasteiger charge is 2.46. The quantitative estimate of drug-likeness (QED) is 0.553. The molecule has 0 amide bonds. The van der Waals surface area contributed by atoms with Crippen molar-refractivity contribution in [2.45, 2.75) is 19.3 Å². The van der Waals surface area contributed by atoms with Crippen LogP contribution in [0.15, 0.2) is 0 Å². The summed E-state index contributed by atoms with van der Waals surface area (Å²) in [5, 5.41) is 8.88. The van der Waals surface area contributed by atoms with Crippen LogP contribution < -0.4 is 0 Å². The number of fused-ring (bicyclic) bond motifs is 2. The number of halogens is 1. The molecular formula is C9H12ClN. The van der Waals surface area contributed by atoms with E-state index >= 15 is 0 Å². The fraction of sp³-hybridized carbons (Fsp3) is 0.889. The Morgan fingerprint density at radius 2 is 2.09 bits per heavy atom. The van der Waals surface area contributed by atoms with E-state index in [1.165, 1.54) is 19.3 Å². The molecule has 0 N–H and O–H groups in total. The van der Waals surface area contributed by atoms with E-state index in [4.69, 9.17) is 16.9 Å². The van der Waals surface area contributed by atoms with Crippen molar-refractivity contribution in [3.63, 3.8) is 0 Å². The molecule has 11 heavy (non-hydrogen) atoms. The Balaban J connectivity index is 2.15. The second kappa shape index (κ2) is 2.68. The second-order valence-corrected chi connectivity index (χ2v) is 4.11. The molecule has 2 fully saturated rings. The van der Waals surface area contributed by atoms with Gasteiger partial charge >= 0.3 is 0 Å². The van der Waals surface area contributed by atoms with Gasteiger partial charge in [-0.25, -0.2) is 0 Å². The molecule has 0 aromatic heterocycles. The Hall–Kier alpha value is -0.220. The highest BCUT2D eigenvalue weighted by molar-refractivity contribution is 6.18. The first kappa shape index (κ1) is 7.43. The van der Waals surface area contributed by atoms with Gasteiger partial charge in [0, 0.05) is 5.88 Å². The van der Waals surface area contributed by atoms with E-state index < -0.39 is 0 Å². The van der Waals surface area contributed by atoms with Crippen molar-refractivity contribution in [1.82, 2.24) is 0 Å².